The first kappa shape index (κ1) is 14.3. The van der Waals surface area contributed by atoms with Crippen LogP contribution in [0.1, 0.15) is 32.1 Å². The Morgan fingerprint density at radius 2 is 2.00 bits per heavy atom. The fourth-order valence-electron chi connectivity index (χ4n) is 2.52. The number of rotatable bonds is 4. The van der Waals surface area contributed by atoms with E-state index >= 15 is 0 Å². The Balaban J connectivity index is 2.24. The number of hydrogen-bond acceptors (Lipinski definition) is 4. The zero-order valence-corrected chi connectivity index (χ0v) is 12.3. The molecule has 0 atom stereocenters. The second kappa shape index (κ2) is 5.88. The number of anilines is 1. The van der Waals surface area contributed by atoms with Crippen LogP contribution in [0.2, 0.25) is 0 Å². The van der Waals surface area contributed by atoms with Gasteiger partial charge in [0.15, 0.2) is 0 Å². The lowest BCUT2D eigenvalue weighted by molar-refractivity contribution is 0.286. The summed E-state index contributed by atoms with van der Waals surface area (Å²) in [4.78, 5) is 4.35. The van der Waals surface area contributed by atoms with Crippen LogP contribution in [0.3, 0.4) is 0 Å². The molecule has 1 fully saturated rings. The number of pyridine rings is 1. The minimum Gasteiger partial charge on any atom is -0.373 e. The summed E-state index contributed by atoms with van der Waals surface area (Å²) in [7, 11) is -0.00678. The highest BCUT2D eigenvalue weighted by Gasteiger charge is 2.29. The molecule has 2 rings (SSSR count). The average molecular weight is 283 g/mol. The maximum Gasteiger partial charge on any atom is 0.243 e. The largest absolute Gasteiger partial charge is 0.373 e. The second-order valence-corrected chi connectivity index (χ2v) is 6.94. The molecule has 0 spiro atoms. The van der Waals surface area contributed by atoms with Gasteiger partial charge in [-0.25, -0.2) is 13.4 Å². The van der Waals surface area contributed by atoms with E-state index in [0.29, 0.717) is 10.7 Å². The maximum atomic E-state index is 12.6. The Morgan fingerprint density at radius 1 is 1.32 bits per heavy atom. The van der Waals surface area contributed by atoms with Gasteiger partial charge in [0.1, 0.15) is 5.82 Å². The fourth-order valence-corrected chi connectivity index (χ4v) is 3.94. The highest BCUT2D eigenvalue weighted by atomic mass is 32.2. The molecular weight excluding hydrogens is 262 g/mol. The van der Waals surface area contributed by atoms with E-state index in [0.717, 1.165) is 25.7 Å². The normalized spacial score (nSPS) is 17.6. The number of aromatic nitrogens is 1. The lowest BCUT2D eigenvalue weighted by atomic mass is 9.96. The lowest BCUT2D eigenvalue weighted by Gasteiger charge is -2.30. The fraction of sp³-hybridized carbons (Fsp3) is 0.615. The molecule has 0 aliphatic heterocycles. The van der Waals surface area contributed by atoms with Gasteiger partial charge in [0.05, 0.1) is 4.90 Å². The van der Waals surface area contributed by atoms with Crippen LogP contribution in [0, 0.1) is 0 Å². The first-order valence-corrected chi connectivity index (χ1v) is 8.11. The molecule has 0 radical (unpaired) electrons. The SMILES string of the molecule is CNc1cc(S(=O)(=O)N(C)C2CCCCC2)ccn1. The molecule has 106 valence electrons. The van der Waals surface area contributed by atoms with Gasteiger partial charge in [-0.2, -0.15) is 4.31 Å². The molecule has 0 aromatic carbocycles. The van der Waals surface area contributed by atoms with Crippen LogP contribution in [0.4, 0.5) is 5.82 Å². The van der Waals surface area contributed by atoms with E-state index in [2.05, 4.69) is 10.3 Å². The van der Waals surface area contributed by atoms with Crippen molar-refractivity contribution in [2.75, 3.05) is 19.4 Å². The molecule has 1 saturated carbocycles. The van der Waals surface area contributed by atoms with E-state index in [1.807, 2.05) is 0 Å². The van der Waals surface area contributed by atoms with E-state index in [1.54, 1.807) is 26.2 Å². The summed E-state index contributed by atoms with van der Waals surface area (Å²) in [6.45, 7) is 0. The highest BCUT2D eigenvalue weighted by Crippen LogP contribution is 2.26. The predicted molar refractivity (Wildman–Crippen MR) is 75.6 cm³/mol. The highest BCUT2D eigenvalue weighted by molar-refractivity contribution is 7.89. The number of sulfonamides is 1. The summed E-state index contributed by atoms with van der Waals surface area (Å²) < 4.78 is 26.7. The van der Waals surface area contributed by atoms with E-state index < -0.39 is 10.0 Å². The summed E-state index contributed by atoms with van der Waals surface area (Å²) in [5.41, 5.74) is 0. The Morgan fingerprint density at radius 3 is 2.63 bits per heavy atom. The standard InChI is InChI=1S/C13H21N3O2S/c1-14-13-10-12(8-9-15-13)19(17,18)16(2)11-6-4-3-5-7-11/h8-11H,3-7H2,1-2H3,(H,14,15). The Bertz CT molecular complexity index is 524. The molecule has 19 heavy (non-hydrogen) atoms. The van der Waals surface area contributed by atoms with Crippen LogP contribution in [0.25, 0.3) is 0 Å². The van der Waals surface area contributed by atoms with Gasteiger partial charge in [-0.1, -0.05) is 19.3 Å². The molecule has 0 bridgehead atoms. The minimum atomic E-state index is -3.42. The topological polar surface area (TPSA) is 62.3 Å². The van der Waals surface area contributed by atoms with Crippen molar-refractivity contribution in [3.63, 3.8) is 0 Å². The lowest BCUT2D eigenvalue weighted by Crippen LogP contribution is -2.38. The molecular formula is C13H21N3O2S. The molecule has 0 unspecified atom stereocenters. The minimum absolute atomic E-state index is 0.130. The molecule has 1 heterocycles. The van der Waals surface area contributed by atoms with Crippen molar-refractivity contribution in [3.05, 3.63) is 18.3 Å². The molecule has 1 N–H and O–H groups in total. The third-order valence-corrected chi connectivity index (χ3v) is 5.66. The van der Waals surface area contributed by atoms with Crippen molar-refractivity contribution < 1.29 is 8.42 Å². The van der Waals surface area contributed by atoms with Crippen LogP contribution in [0.15, 0.2) is 23.2 Å². The average Bonchev–Trinajstić information content (AvgIpc) is 2.47. The maximum absolute atomic E-state index is 12.6. The van der Waals surface area contributed by atoms with Crippen LogP contribution < -0.4 is 5.32 Å². The molecule has 0 amide bonds. The number of nitrogens with one attached hydrogen (secondary N) is 1. The van der Waals surface area contributed by atoms with Crippen LogP contribution in [-0.4, -0.2) is 37.8 Å². The molecule has 0 saturated heterocycles. The molecule has 5 nitrogen and oxygen atoms in total. The number of nitrogens with zero attached hydrogens (tertiary/aromatic N) is 2. The van der Waals surface area contributed by atoms with Gasteiger partial charge >= 0.3 is 0 Å². The monoisotopic (exact) mass is 283 g/mol. The number of hydrogen-bond donors (Lipinski definition) is 1. The van der Waals surface area contributed by atoms with Gasteiger partial charge in [0.2, 0.25) is 10.0 Å². The van der Waals surface area contributed by atoms with E-state index in [4.69, 9.17) is 0 Å². The summed E-state index contributed by atoms with van der Waals surface area (Å²) in [6.07, 6.45) is 6.88. The zero-order valence-electron chi connectivity index (χ0n) is 11.5. The summed E-state index contributed by atoms with van der Waals surface area (Å²) in [5, 5.41) is 2.86. The quantitative estimate of drug-likeness (QED) is 0.919. The zero-order chi connectivity index (χ0) is 13.9. The first-order chi connectivity index (χ1) is 9.05. The summed E-state index contributed by atoms with van der Waals surface area (Å²) in [5.74, 6) is 0.568. The van der Waals surface area contributed by atoms with E-state index in [-0.39, 0.29) is 6.04 Å². The summed E-state index contributed by atoms with van der Waals surface area (Å²) >= 11 is 0. The van der Waals surface area contributed by atoms with Crippen molar-refractivity contribution in [1.29, 1.82) is 0 Å². The van der Waals surface area contributed by atoms with Gasteiger partial charge in [-0.05, 0) is 18.9 Å². The van der Waals surface area contributed by atoms with Gasteiger partial charge in [-0.3, -0.25) is 0 Å². The smallest absolute Gasteiger partial charge is 0.243 e. The predicted octanol–water partition coefficient (Wildman–Crippen LogP) is 2.08. The Hall–Kier alpha value is -1.14. The van der Waals surface area contributed by atoms with Crippen LogP contribution >= 0.6 is 0 Å². The molecule has 1 aromatic heterocycles. The second-order valence-electron chi connectivity index (χ2n) is 4.94. The van der Waals surface area contributed by atoms with E-state index in [1.165, 1.54) is 16.9 Å². The van der Waals surface area contributed by atoms with Gasteiger partial charge in [-0.15, -0.1) is 0 Å². The van der Waals surface area contributed by atoms with Crippen molar-refractivity contribution in [1.82, 2.24) is 9.29 Å². The molecule has 1 aliphatic rings. The molecule has 6 heteroatoms. The third kappa shape index (κ3) is 3.06. The molecule has 1 aromatic rings. The van der Waals surface area contributed by atoms with Gasteiger partial charge < -0.3 is 5.32 Å². The van der Waals surface area contributed by atoms with Gasteiger partial charge in [0.25, 0.3) is 0 Å². The van der Waals surface area contributed by atoms with Crippen molar-refractivity contribution in [3.8, 4) is 0 Å². The first-order valence-electron chi connectivity index (χ1n) is 6.67. The summed E-state index contributed by atoms with van der Waals surface area (Å²) in [6, 6.07) is 3.26. The van der Waals surface area contributed by atoms with Crippen LogP contribution in [-0.2, 0) is 10.0 Å². The van der Waals surface area contributed by atoms with Crippen LogP contribution in [0.5, 0.6) is 0 Å². The molecule has 1 aliphatic carbocycles. The van der Waals surface area contributed by atoms with Crippen molar-refractivity contribution in [2.45, 2.75) is 43.0 Å². The Kier molecular flexibility index (Phi) is 4.42. The van der Waals surface area contributed by atoms with Gasteiger partial charge in [0, 0.05) is 32.4 Å². The third-order valence-electron chi connectivity index (χ3n) is 3.75. The van der Waals surface area contributed by atoms with Crippen molar-refractivity contribution in [2.24, 2.45) is 0 Å². The van der Waals surface area contributed by atoms with E-state index in [9.17, 15) is 8.42 Å². The Labute approximate surface area is 115 Å². The van der Waals surface area contributed by atoms with Crippen molar-refractivity contribution >= 4 is 15.8 Å².